The Labute approximate surface area is 81.7 Å². The molecule has 0 aromatic rings. The summed E-state index contributed by atoms with van der Waals surface area (Å²) in [7, 11) is 0. The first kappa shape index (κ1) is 11.0. The molecule has 13 heavy (non-hydrogen) atoms. The van der Waals surface area contributed by atoms with E-state index in [1.165, 1.54) is 38.6 Å². The highest BCUT2D eigenvalue weighted by Gasteiger charge is 2.13. The second kappa shape index (κ2) is 7.34. The fourth-order valence-corrected chi connectivity index (χ4v) is 2.06. The average Bonchev–Trinajstić information content (AvgIpc) is 2.63. The van der Waals surface area contributed by atoms with Gasteiger partial charge >= 0.3 is 0 Å². The molecule has 1 aliphatic carbocycles. The number of hydrogen-bond acceptors (Lipinski definition) is 2. The Morgan fingerprint density at radius 3 is 2.54 bits per heavy atom. The number of unbranched alkanes of at least 4 members (excludes halogenated alkanes) is 2. The van der Waals surface area contributed by atoms with Crippen LogP contribution in [0.2, 0.25) is 0 Å². The van der Waals surface area contributed by atoms with Gasteiger partial charge in [-0.15, -0.1) is 0 Å². The zero-order valence-electron chi connectivity index (χ0n) is 8.60. The van der Waals surface area contributed by atoms with Crippen LogP contribution in [0, 0.1) is 5.92 Å². The minimum absolute atomic E-state index is 0.350. The lowest BCUT2D eigenvalue weighted by Gasteiger charge is -2.09. The number of rotatable bonds is 7. The van der Waals surface area contributed by atoms with Crippen LogP contribution in [-0.4, -0.2) is 24.8 Å². The highest BCUT2D eigenvalue weighted by atomic mass is 16.2. The standard InChI is InChI=1S/C11H23NO/c13-9-5-1-4-8-12-10-11-6-2-3-7-11/h11-13H,1-10H2. The van der Waals surface area contributed by atoms with Gasteiger partial charge in [0.1, 0.15) is 0 Å². The summed E-state index contributed by atoms with van der Waals surface area (Å²) in [5.74, 6) is 0.956. The van der Waals surface area contributed by atoms with E-state index >= 15 is 0 Å². The van der Waals surface area contributed by atoms with Crippen LogP contribution in [0.25, 0.3) is 0 Å². The molecule has 0 radical (unpaired) electrons. The number of hydrogen-bond donors (Lipinski definition) is 2. The maximum Gasteiger partial charge on any atom is 0.0431 e. The molecule has 2 nitrogen and oxygen atoms in total. The minimum Gasteiger partial charge on any atom is -0.396 e. The van der Waals surface area contributed by atoms with E-state index in [0.29, 0.717) is 6.61 Å². The lowest BCUT2D eigenvalue weighted by molar-refractivity contribution is 0.282. The van der Waals surface area contributed by atoms with Crippen molar-refractivity contribution in [1.29, 1.82) is 0 Å². The van der Waals surface area contributed by atoms with Gasteiger partial charge in [0.05, 0.1) is 0 Å². The van der Waals surface area contributed by atoms with Crippen LogP contribution in [0.4, 0.5) is 0 Å². The van der Waals surface area contributed by atoms with Gasteiger partial charge in [0.25, 0.3) is 0 Å². The number of aliphatic hydroxyl groups is 1. The van der Waals surface area contributed by atoms with Gasteiger partial charge in [0.2, 0.25) is 0 Å². The van der Waals surface area contributed by atoms with Crippen molar-refractivity contribution in [2.24, 2.45) is 5.92 Å². The number of aliphatic hydroxyl groups excluding tert-OH is 1. The van der Waals surface area contributed by atoms with Gasteiger partial charge in [-0.3, -0.25) is 0 Å². The zero-order valence-corrected chi connectivity index (χ0v) is 8.60. The summed E-state index contributed by atoms with van der Waals surface area (Å²) in [6.07, 6.45) is 9.09. The molecule has 0 aromatic heterocycles. The van der Waals surface area contributed by atoms with E-state index < -0.39 is 0 Å². The van der Waals surface area contributed by atoms with Crippen molar-refractivity contribution in [2.75, 3.05) is 19.7 Å². The van der Waals surface area contributed by atoms with Crippen LogP contribution in [0.3, 0.4) is 0 Å². The molecule has 1 saturated carbocycles. The molecule has 0 unspecified atom stereocenters. The van der Waals surface area contributed by atoms with E-state index in [2.05, 4.69) is 5.32 Å². The summed E-state index contributed by atoms with van der Waals surface area (Å²) < 4.78 is 0. The van der Waals surface area contributed by atoms with Crippen molar-refractivity contribution >= 4 is 0 Å². The maximum absolute atomic E-state index is 8.57. The Hall–Kier alpha value is -0.0800. The smallest absolute Gasteiger partial charge is 0.0431 e. The van der Waals surface area contributed by atoms with E-state index in [1.54, 1.807) is 0 Å². The summed E-state index contributed by atoms with van der Waals surface area (Å²) in [4.78, 5) is 0. The molecular formula is C11H23NO. The van der Waals surface area contributed by atoms with Crippen LogP contribution in [0.5, 0.6) is 0 Å². The zero-order chi connectivity index (χ0) is 9.36. The molecular weight excluding hydrogens is 162 g/mol. The normalized spacial score (nSPS) is 18.2. The summed E-state index contributed by atoms with van der Waals surface area (Å²) >= 11 is 0. The van der Waals surface area contributed by atoms with Crippen molar-refractivity contribution in [1.82, 2.24) is 5.32 Å². The number of nitrogens with one attached hydrogen (secondary N) is 1. The summed E-state index contributed by atoms with van der Waals surface area (Å²) in [6, 6.07) is 0. The third kappa shape index (κ3) is 5.27. The second-order valence-corrected chi connectivity index (χ2v) is 4.14. The van der Waals surface area contributed by atoms with Crippen LogP contribution >= 0.6 is 0 Å². The molecule has 1 rings (SSSR count). The van der Waals surface area contributed by atoms with Crippen LogP contribution in [-0.2, 0) is 0 Å². The summed E-state index contributed by atoms with van der Waals surface area (Å²) in [5.41, 5.74) is 0. The van der Waals surface area contributed by atoms with Gasteiger partial charge in [-0.05, 0) is 51.1 Å². The predicted octanol–water partition coefficient (Wildman–Crippen LogP) is 1.93. The van der Waals surface area contributed by atoms with E-state index in [-0.39, 0.29) is 0 Å². The monoisotopic (exact) mass is 185 g/mol. The summed E-state index contributed by atoms with van der Waals surface area (Å²) in [6.45, 7) is 2.71. The highest BCUT2D eigenvalue weighted by molar-refractivity contribution is 4.69. The van der Waals surface area contributed by atoms with Gasteiger partial charge in [0, 0.05) is 6.61 Å². The molecule has 78 valence electrons. The van der Waals surface area contributed by atoms with E-state index in [4.69, 9.17) is 5.11 Å². The van der Waals surface area contributed by atoms with Gasteiger partial charge in [-0.2, -0.15) is 0 Å². The Kier molecular flexibility index (Phi) is 6.21. The van der Waals surface area contributed by atoms with Crippen molar-refractivity contribution in [2.45, 2.75) is 44.9 Å². The SMILES string of the molecule is OCCCCCNCC1CCCC1. The Morgan fingerprint density at radius 2 is 1.85 bits per heavy atom. The molecule has 2 heteroatoms. The van der Waals surface area contributed by atoms with Crippen molar-refractivity contribution in [3.8, 4) is 0 Å². The fraction of sp³-hybridized carbons (Fsp3) is 1.00. The molecule has 0 spiro atoms. The third-order valence-electron chi connectivity index (χ3n) is 2.92. The second-order valence-electron chi connectivity index (χ2n) is 4.14. The molecule has 0 aliphatic heterocycles. The largest absolute Gasteiger partial charge is 0.396 e. The molecule has 0 bridgehead atoms. The van der Waals surface area contributed by atoms with E-state index in [1.807, 2.05) is 0 Å². The molecule has 0 saturated heterocycles. The lowest BCUT2D eigenvalue weighted by Crippen LogP contribution is -2.22. The molecule has 0 aromatic carbocycles. The van der Waals surface area contributed by atoms with Gasteiger partial charge in [-0.25, -0.2) is 0 Å². The molecule has 0 atom stereocenters. The minimum atomic E-state index is 0.350. The van der Waals surface area contributed by atoms with Crippen LogP contribution in [0.15, 0.2) is 0 Å². The van der Waals surface area contributed by atoms with E-state index in [0.717, 1.165) is 25.3 Å². The van der Waals surface area contributed by atoms with Gasteiger partial charge in [-0.1, -0.05) is 12.8 Å². The average molecular weight is 185 g/mol. The van der Waals surface area contributed by atoms with Gasteiger partial charge in [0.15, 0.2) is 0 Å². The Morgan fingerprint density at radius 1 is 1.08 bits per heavy atom. The van der Waals surface area contributed by atoms with Crippen LogP contribution < -0.4 is 5.32 Å². The highest BCUT2D eigenvalue weighted by Crippen LogP contribution is 2.23. The topological polar surface area (TPSA) is 32.3 Å². The molecule has 1 aliphatic rings. The maximum atomic E-state index is 8.57. The third-order valence-corrected chi connectivity index (χ3v) is 2.92. The van der Waals surface area contributed by atoms with Crippen molar-refractivity contribution in [3.05, 3.63) is 0 Å². The molecule has 1 fully saturated rings. The van der Waals surface area contributed by atoms with Crippen LogP contribution in [0.1, 0.15) is 44.9 Å². The Bertz CT molecular complexity index is 111. The first-order valence-electron chi connectivity index (χ1n) is 5.75. The van der Waals surface area contributed by atoms with Gasteiger partial charge < -0.3 is 10.4 Å². The first-order valence-corrected chi connectivity index (χ1v) is 5.75. The Balaban J connectivity index is 1.78. The lowest BCUT2D eigenvalue weighted by atomic mass is 10.1. The quantitative estimate of drug-likeness (QED) is 0.594. The molecule has 0 heterocycles. The predicted molar refractivity (Wildman–Crippen MR) is 55.8 cm³/mol. The fourth-order valence-electron chi connectivity index (χ4n) is 2.06. The molecule has 0 amide bonds. The van der Waals surface area contributed by atoms with Crippen molar-refractivity contribution in [3.63, 3.8) is 0 Å². The molecule has 2 N–H and O–H groups in total. The summed E-state index contributed by atoms with van der Waals surface area (Å²) in [5, 5.41) is 12.1. The van der Waals surface area contributed by atoms with E-state index in [9.17, 15) is 0 Å². The van der Waals surface area contributed by atoms with Crippen molar-refractivity contribution < 1.29 is 5.11 Å². The first-order chi connectivity index (χ1) is 6.43.